The molecular weight excluding hydrogens is 268 g/mol. The Morgan fingerprint density at radius 3 is 2.81 bits per heavy atom. The molecule has 2 unspecified atom stereocenters. The van der Waals surface area contributed by atoms with Crippen LogP contribution in [-0.2, 0) is 0 Å². The van der Waals surface area contributed by atoms with Crippen LogP contribution in [-0.4, -0.2) is 52.1 Å². The Morgan fingerprint density at radius 1 is 1.52 bits per heavy atom. The number of anilines is 1. The van der Waals surface area contributed by atoms with E-state index < -0.39 is 0 Å². The summed E-state index contributed by atoms with van der Waals surface area (Å²) in [7, 11) is 1.76. The number of aliphatic hydroxyl groups is 1. The van der Waals surface area contributed by atoms with Crippen LogP contribution in [0.4, 0.5) is 5.69 Å². The van der Waals surface area contributed by atoms with Crippen LogP contribution in [0.15, 0.2) is 6.20 Å². The topological polar surface area (TPSA) is 78.4 Å². The molecule has 1 saturated heterocycles. The van der Waals surface area contributed by atoms with E-state index in [4.69, 9.17) is 0 Å². The summed E-state index contributed by atoms with van der Waals surface area (Å²) in [5, 5.41) is 12.8. The van der Waals surface area contributed by atoms with Crippen molar-refractivity contribution in [1.29, 1.82) is 0 Å². The van der Waals surface area contributed by atoms with Gasteiger partial charge >= 0.3 is 0 Å². The van der Waals surface area contributed by atoms with E-state index in [0.717, 1.165) is 0 Å². The van der Waals surface area contributed by atoms with E-state index >= 15 is 0 Å². The van der Waals surface area contributed by atoms with Crippen LogP contribution in [0.3, 0.4) is 0 Å². The molecule has 21 heavy (non-hydrogen) atoms. The summed E-state index contributed by atoms with van der Waals surface area (Å²) in [6.45, 7) is 7.09. The molecule has 116 valence electrons. The minimum Gasteiger partial charge on any atom is -0.393 e. The molecule has 1 aromatic rings. The van der Waals surface area contributed by atoms with Crippen LogP contribution in [0.1, 0.15) is 49.4 Å². The molecule has 1 aliphatic rings. The summed E-state index contributed by atoms with van der Waals surface area (Å²) in [5.41, 5.74) is 1.06. The fourth-order valence-electron chi connectivity index (χ4n) is 2.49. The summed E-state index contributed by atoms with van der Waals surface area (Å²) < 4.78 is 0. The Labute approximate surface area is 125 Å². The lowest BCUT2D eigenvalue weighted by atomic mass is 9.96. The standard InChI is InChI=1S/C15H24N4O2/c1-9(2)14-17-7-11(16-4)13(18-14)15(21)19-6-5-12(20)10(3)8-19/h7,9-10,12,16,20H,5-6,8H2,1-4H3. The monoisotopic (exact) mass is 292 g/mol. The molecule has 2 N–H and O–H groups in total. The predicted octanol–water partition coefficient (Wildman–Crippen LogP) is 1.48. The van der Waals surface area contributed by atoms with Gasteiger partial charge in [0.1, 0.15) is 5.82 Å². The highest BCUT2D eigenvalue weighted by Gasteiger charge is 2.29. The van der Waals surface area contributed by atoms with Crippen LogP contribution in [0.25, 0.3) is 0 Å². The van der Waals surface area contributed by atoms with Crippen molar-refractivity contribution in [3.63, 3.8) is 0 Å². The first-order chi connectivity index (χ1) is 9.93. The van der Waals surface area contributed by atoms with E-state index in [9.17, 15) is 9.90 Å². The number of rotatable bonds is 3. The Bertz CT molecular complexity index is 518. The minimum absolute atomic E-state index is 0.0899. The van der Waals surface area contributed by atoms with Crippen molar-refractivity contribution in [3.8, 4) is 0 Å². The van der Waals surface area contributed by atoms with Crippen LogP contribution in [0, 0.1) is 5.92 Å². The highest BCUT2D eigenvalue weighted by atomic mass is 16.3. The lowest BCUT2D eigenvalue weighted by molar-refractivity contribution is 0.0294. The second kappa shape index (κ2) is 6.39. The number of aromatic nitrogens is 2. The molecule has 0 bridgehead atoms. The SMILES string of the molecule is CNc1cnc(C(C)C)nc1C(=O)N1CCC(O)C(C)C1. The third-order valence-electron chi connectivity index (χ3n) is 3.94. The number of piperidine rings is 1. The zero-order chi connectivity index (χ0) is 15.6. The average Bonchev–Trinajstić information content (AvgIpc) is 2.48. The molecule has 0 aliphatic carbocycles. The fourth-order valence-corrected chi connectivity index (χ4v) is 2.49. The minimum atomic E-state index is -0.325. The zero-order valence-corrected chi connectivity index (χ0v) is 13.1. The van der Waals surface area contributed by atoms with Crippen molar-refractivity contribution >= 4 is 11.6 Å². The van der Waals surface area contributed by atoms with Gasteiger partial charge in [-0.05, 0) is 12.3 Å². The van der Waals surface area contributed by atoms with Crippen LogP contribution < -0.4 is 5.32 Å². The highest BCUT2D eigenvalue weighted by Crippen LogP contribution is 2.22. The molecule has 2 rings (SSSR count). The van der Waals surface area contributed by atoms with Gasteiger partial charge in [0.05, 0.1) is 18.0 Å². The van der Waals surface area contributed by atoms with E-state index in [2.05, 4.69) is 15.3 Å². The van der Waals surface area contributed by atoms with Gasteiger partial charge in [-0.3, -0.25) is 4.79 Å². The van der Waals surface area contributed by atoms with Gasteiger partial charge in [-0.2, -0.15) is 0 Å². The molecular formula is C15H24N4O2. The molecule has 1 aromatic heterocycles. The average molecular weight is 292 g/mol. The van der Waals surface area contributed by atoms with Crippen molar-refractivity contribution in [1.82, 2.24) is 14.9 Å². The molecule has 0 spiro atoms. The van der Waals surface area contributed by atoms with Crippen molar-refractivity contribution in [3.05, 3.63) is 17.7 Å². The molecule has 0 aromatic carbocycles. The van der Waals surface area contributed by atoms with Gasteiger partial charge in [0, 0.05) is 26.1 Å². The van der Waals surface area contributed by atoms with Gasteiger partial charge in [-0.25, -0.2) is 9.97 Å². The smallest absolute Gasteiger partial charge is 0.274 e. The molecule has 0 saturated carbocycles. The predicted molar refractivity (Wildman–Crippen MR) is 81.4 cm³/mol. The van der Waals surface area contributed by atoms with E-state index in [1.165, 1.54) is 0 Å². The number of hydrogen-bond donors (Lipinski definition) is 2. The molecule has 1 fully saturated rings. The summed E-state index contributed by atoms with van der Waals surface area (Å²) in [4.78, 5) is 23.2. The summed E-state index contributed by atoms with van der Waals surface area (Å²) >= 11 is 0. The van der Waals surface area contributed by atoms with Gasteiger partial charge in [0.2, 0.25) is 0 Å². The Kier molecular flexibility index (Phi) is 4.77. The van der Waals surface area contributed by atoms with Crippen molar-refractivity contribution in [2.24, 2.45) is 5.92 Å². The second-order valence-electron chi connectivity index (χ2n) is 5.98. The molecule has 2 atom stereocenters. The largest absolute Gasteiger partial charge is 0.393 e. The summed E-state index contributed by atoms with van der Waals surface area (Å²) in [5.74, 6) is 0.835. The van der Waals surface area contributed by atoms with Crippen molar-refractivity contribution < 1.29 is 9.90 Å². The maximum atomic E-state index is 12.7. The first-order valence-corrected chi connectivity index (χ1v) is 7.46. The van der Waals surface area contributed by atoms with Gasteiger partial charge in [-0.1, -0.05) is 20.8 Å². The third kappa shape index (κ3) is 3.32. The van der Waals surface area contributed by atoms with Crippen LogP contribution in [0.2, 0.25) is 0 Å². The number of hydrogen-bond acceptors (Lipinski definition) is 5. The van der Waals surface area contributed by atoms with E-state index in [1.54, 1.807) is 18.1 Å². The first-order valence-electron chi connectivity index (χ1n) is 7.46. The van der Waals surface area contributed by atoms with Gasteiger partial charge in [-0.15, -0.1) is 0 Å². The van der Waals surface area contributed by atoms with E-state index in [-0.39, 0.29) is 23.8 Å². The van der Waals surface area contributed by atoms with E-state index in [1.807, 2.05) is 20.8 Å². The summed E-state index contributed by atoms with van der Waals surface area (Å²) in [6, 6.07) is 0. The van der Waals surface area contributed by atoms with Crippen molar-refractivity contribution in [2.75, 3.05) is 25.5 Å². The number of nitrogens with one attached hydrogen (secondary N) is 1. The van der Waals surface area contributed by atoms with Gasteiger partial charge in [0.15, 0.2) is 5.69 Å². The maximum absolute atomic E-state index is 12.7. The normalized spacial score (nSPS) is 22.5. The van der Waals surface area contributed by atoms with E-state index in [0.29, 0.717) is 36.7 Å². The Hall–Kier alpha value is -1.69. The molecule has 6 heteroatoms. The number of carbonyl (C=O) groups is 1. The molecule has 6 nitrogen and oxygen atoms in total. The first kappa shape index (κ1) is 15.7. The number of nitrogens with zero attached hydrogens (tertiary/aromatic N) is 3. The molecule has 1 amide bonds. The van der Waals surface area contributed by atoms with Gasteiger partial charge < -0.3 is 15.3 Å². The Morgan fingerprint density at radius 2 is 2.24 bits per heavy atom. The van der Waals surface area contributed by atoms with Crippen LogP contribution >= 0.6 is 0 Å². The fraction of sp³-hybridized carbons (Fsp3) is 0.667. The third-order valence-corrected chi connectivity index (χ3v) is 3.94. The van der Waals surface area contributed by atoms with Crippen molar-refractivity contribution in [2.45, 2.75) is 39.2 Å². The van der Waals surface area contributed by atoms with Gasteiger partial charge in [0.25, 0.3) is 5.91 Å². The lowest BCUT2D eigenvalue weighted by Crippen LogP contribution is -2.45. The maximum Gasteiger partial charge on any atom is 0.274 e. The molecule has 1 aliphatic heterocycles. The molecule has 2 heterocycles. The Balaban J connectivity index is 2.27. The highest BCUT2D eigenvalue weighted by molar-refractivity contribution is 5.97. The number of carbonyl (C=O) groups excluding carboxylic acids is 1. The molecule has 0 radical (unpaired) electrons. The zero-order valence-electron chi connectivity index (χ0n) is 13.1. The lowest BCUT2D eigenvalue weighted by Gasteiger charge is -2.34. The number of amides is 1. The quantitative estimate of drug-likeness (QED) is 0.882. The summed E-state index contributed by atoms with van der Waals surface area (Å²) in [6.07, 6.45) is 1.95. The number of aliphatic hydroxyl groups excluding tert-OH is 1. The second-order valence-corrected chi connectivity index (χ2v) is 5.98. The number of likely N-dealkylation sites (tertiary alicyclic amines) is 1. The van der Waals surface area contributed by atoms with Crippen LogP contribution in [0.5, 0.6) is 0 Å².